The molecule has 33 heavy (non-hydrogen) atoms. The van der Waals surface area contributed by atoms with E-state index < -0.39 is 0 Å². The average Bonchev–Trinajstić information content (AvgIpc) is 3.21. The van der Waals surface area contributed by atoms with Crippen LogP contribution in [0.15, 0.2) is 12.4 Å². The molecule has 0 saturated heterocycles. The first-order chi connectivity index (χ1) is 16.3. The highest BCUT2D eigenvalue weighted by Gasteiger charge is 2.16. The molecule has 0 aliphatic rings. The molecule has 0 spiro atoms. The van der Waals surface area contributed by atoms with Crippen molar-refractivity contribution < 1.29 is 4.57 Å². The summed E-state index contributed by atoms with van der Waals surface area (Å²) in [6.45, 7) is 9.34. The van der Waals surface area contributed by atoms with Crippen LogP contribution in [0.3, 0.4) is 0 Å². The van der Waals surface area contributed by atoms with Gasteiger partial charge >= 0.3 is 0 Å². The molecule has 0 unspecified atom stereocenters. The molecule has 194 valence electrons. The maximum absolute atomic E-state index is 2.58. The van der Waals surface area contributed by atoms with Crippen molar-refractivity contribution in [3.63, 3.8) is 0 Å². The molecule has 0 aliphatic carbocycles. The van der Waals surface area contributed by atoms with Gasteiger partial charge in [0, 0.05) is 6.42 Å². The van der Waals surface area contributed by atoms with Crippen LogP contribution in [0.25, 0.3) is 0 Å². The molecular formula is C31H61N2+. The maximum Gasteiger partial charge on any atom is 0.256 e. The minimum absolute atomic E-state index is 1.20. The Hall–Kier alpha value is -0.790. The molecule has 0 fully saturated rings. The number of unbranched alkanes of at least 4 members (excludes halogenated alkanes) is 19. The van der Waals surface area contributed by atoms with E-state index in [2.05, 4.69) is 42.3 Å². The Morgan fingerprint density at radius 2 is 0.939 bits per heavy atom. The molecule has 2 nitrogen and oxygen atoms in total. The van der Waals surface area contributed by atoms with Crippen molar-refractivity contribution >= 4 is 0 Å². The van der Waals surface area contributed by atoms with Crippen LogP contribution in [-0.2, 0) is 19.5 Å². The second-order valence-electron chi connectivity index (χ2n) is 10.6. The first-order valence-corrected chi connectivity index (χ1v) is 15.4. The standard InChI is InChI=1S/C31H61N2/c1-4-7-10-12-13-14-15-16-17-18-19-20-21-23-25-28-33-30-29-32(27-9-6-3)31(33)26-24-22-11-8-5-2/h29-30H,4-28H2,1-3H3/q+1. The first-order valence-electron chi connectivity index (χ1n) is 15.4. The van der Waals surface area contributed by atoms with E-state index in [1.54, 1.807) is 5.82 Å². The molecule has 0 aliphatic heterocycles. The predicted octanol–water partition coefficient (Wildman–Crippen LogP) is 9.96. The van der Waals surface area contributed by atoms with Crippen LogP contribution in [-0.4, -0.2) is 4.57 Å². The fraction of sp³-hybridized carbons (Fsp3) is 0.903. The third-order valence-corrected chi connectivity index (χ3v) is 7.35. The Kier molecular flexibility index (Phi) is 21.1. The van der Waals surface area contributed by atoms with Crippen LogP contribution in [0.1, 0.15) is 168 Å². The van der Waals surface area contributed by atoms with Crippen LogP contribution in [0, 0.1) is 0 Å². The zero-order chi connectivity index (χ0) is 23.8. The highest BCUT2D eigenvalue weighted by atomic mass is 15.1. The van der Waals surface area contributed by atoms with E-state index in [1.165, 1.54) is 161 Å². The van der Waals surface area contributed by atoms with Crippen molar-refractivity contribution in [3.8, 4) is 0 Å². The van der Waals surface area contributed by atoms with Gasteiger partial charge in [-0.15, -0.1) is 0 Å². The van der Waals surface area contributed by atoms with Crippen LogP contribution >= 0.6 is 0 Å². The number of imidazole rings is 1. The molecule has 0 radical (unpaired) electrons. The first kappa shape index (κ1) is 30.2. The number of hydrogen-bond donors (Lipinski definition) is 0. The van der Waals surface area contributed by atoms with Crippen molar-refractivity contribution in [3.05, 3.63) is 18.2 Å². The van der Waals surface area contributed by atoms with Crippen LogP contribution in [0.4, 0.5) is 0 Å². The summed E-state index contributed by atoms with van der Waals surface area (Å²) in [5.74, 6) is 1.59. The van der Waals surface area contributed by atoms with Crippen LogP contribution in [0.2, 0.25) is 0 Å². The topological polar surface area (TPSA) is 8.81 Å². The lowest BCUT2D eigenvalue weighted by Gasteiger charge is -2.06. The Morgan fingerprint density at radius 1 is 0.515 bits per heavy atom. The van der Waals surface area contributed by atoms with Gasteiger partial charge in [0.05, 0.1) is 13.1 Å². The normalized spacial score (nSPS) is 11.5. The maximum atomic E-state index is 2.58. The van der Waals surface area contributed by atoms with Crippen LogP contribution in [0.5, 0.6) is 0 Å². The summed E-state index contributed by atoms with van der Waals surface area (Å²) in [6, 6.07) is 0. The molecule has 0 aromatic carbocycles. The van der Waals surface area contributed by atoms with Gasteiger partial charge in [0.1, 0.15) is 12.4 Å². The quantitative estimate of drug-likeness (QED) is 0.101. The van der Waals surface area contributed by atoms with Gasteiger partial charge in [-0.05, 0) is 25.7 Å². The molecule has 0 saturated carbocycles. The van der Waals surface area contributed by atoms with Gasteiger partial charge in [-0.3, -0.25) is 0 Å². The smallest absolute Gasteiger partial charge is 0.234 e. The molecule has 1 rings (SSSR count). The van der Waals surface area contributed by atoms with E-state index in [4.69, 9.17) is 0 Å². The molecule has 1 heterocycles. The minimum atomic E-state index is 1.20. The van der Waals surface area contributed by atoms with Gasteiger partial charge in [-0.25, -0.2) is 9.13 Å². The molecule has 1 aromatic heterocycles. The lowest BCUT2D eigenvalue weighted by Crippen LogP contribution is -2.37. The second kappa shape index (κ2) is 23.0. The average molecular weight is 462 g/mol. The largest absolute Gasteiger partial charge is 0.256 e. The van der Waals surface area contributed by atoms with E-state index >= 15 is 0 Å². The number of nitrogens with zero attached hydrogens (tertiary/aromatic N) is 2. The van der Waals surface area contributed by atoms with Crippen LogP contribution < -0.4 is 4.57 Å². The van der Waals surface area contributed by atoms with E-state index in [1.807, 2.05) is 0 Å². The van der Waals surface area contributed by atoms with Crippen molar-refractivity contribution in [2.24, 2.45) is 0 Å². The van der Waals surface area contributed by atoms with Gasteiger partial charge in [0.25, 0.3) is 5.82 Å². The van der Waals surface area contributed by atoms with Gasteiger partial charge in [0.15, 0.2) is 0 Å². The highest BCUT2D eigenvalue weighted by Crippen LogP contribution is 2.14. The second-order valence-corrected chi connectivity index (χ2v) is 10.6. The molecular weight excluding hydrogens is 400 g/mol. The molecule has 0 N–H and O–H groups in total. The molecule has 2 heteroatoms. The molecule has 0 amide bonds. The summed E-state index contributed by atoms with van der Waals surface area (Å²) in [5.41, 5.74) is 0. The summed E-state index contributed by atoms with van der Waals surface area (Å²) in [5, 5.41) is 0. The molecule has 0 atom stereocenters. The van der Waals surface area contributed by atoms with Gasteiger partial charge in [0.2, 0.25) is 0 Å². The lowest BCUT2D eigenvalue weighted by atomic mass is 10.0. The Morgan fingerprint density at radius 3 is 1.42 bits per heavy atom. The fourth-order valence-corrected chi connectivity index (χ4v) is 5.06. The number of aryl methyl sites for hydroxylation is 2. The van der Waals surface area contributed by atoms with Gasteiger partial charge in [-0.1, -0.05) is 136 Å². The Balaban J connectivity index is 2.09. The fourth-order valence-electron chi connectivity index (χ4n) is 5.06. The molecule has 0 bridgehead atoms. The van der Waals surface area contributed by atoms with Gasteiger partial charge < -0.3 is 0 Å². The third-order valence-electron chi connectivity index (χ3n) is 7.35. The lowest BCUT2D eigenvalue weighted by molar-refractivity contribution is -0.704. The monoisotopic (exact) mass is 461 g/mol. The zero-order valence-corrected chi connectivity index (χ0v) is 23.2. The van der Waals surface area contributed by atoms with E-state index in [-0.39, 0.29) is 0 Å². The van der Waals surface area contributed by atoms with E-state index in [0.717, 1.165) is 0 Å². The SMILES string of the molecule is CCCCCCCCCCCCCCCCC[n+]1ccn(CCCC)c1CCCCCCC. The molecule has 1 aromatic rings. The summed E-state index contributed by atoms with van der Waals surface area (Å²) >= 11 is 0. The summed E-state index contributed by atoms with van der Waals surface area (Å²) < 4.78 is 5.13. The highest BCUT2D eigenvalue weighted by molar-refractivity contribution is 4.84. The minimum Gasteiger partial charge on any atom is -0.234 e. The Labute approximate surface area is 208 Å². The van der Waals surface area contributed by atoms with Crippen molar-refractivity contribution in [2.45, 2.75) is 182 Å². The predicted molar refractivity (Wildman–Crippen MR) is 147 cm³/mol. The summed E-state index contributed by atoms with van der Waals surface area (Å²) in [6.07, 6.45) is 37.1. The number of rotatable bonds is 25. The number of aromatic nitrogens is 2. The number of hydrogen-bond acceptors (Lipinski definition) is 0. The van der Waals surface area contributed by atoms with E-state index in [9.17, 15) is 0 Å². The van der Waals surface area contributed by atoms with Crippen molar-refractivity contribution in [1.29, 1.82) is 0 Å². The Bertz CT molecular complexity index is 519. The zero-order valence-electron chi connectivity index (χ0n) is 23.2. The van der Waals surface area contributed by atoms with E-state index in [0.29, 0.717) is 0 Å². The summed E-state index contributed by atoms with van der Waals surface area (Å²) in [7, 11) is 0. The van der Waals surface area contributed by atoms with Crippen molar-refractivity contribution in [1.82, 2.24) is 4.57 Å². The third kappa shape index (κ3) is 16.5. The van der Waals surface area contributed by atoms with Gasteiger partial charge in [-0.2, -0.15) is 0 Å². The summed E-state index contributed by atoms with van der Waals surface area (Å²) in [4.78, 5) is 0. The van der Waals surface area contributed by atoms with Crippen molar-refractivity contribution in [2.75, 3.05) is 0 Å².